The van der Waals surface area contributed by atoms with Gasteiger partial charge in [-0.05, 0) is 36.4 Å². The first kappa shape index (κ1) is 16.7. The van der Waals surface area contributed by atoms with Gasteiger partial charge in [0.05, 0.1) is 29.7 Å². The Balaban J connectivity index is 3.08. The van der Waals surface area contributed by atoms with Crippen LogP contribution in [-0.2, 0) is 16.0 Å². The first-order chi connectivity index (χ1) is 9.26. The number of hydrogen-bond acceptors (Lipinski definition) is 4. The van der Waals surface area contributed by atoms with Crippen LogP contribution in [0.25, 0.3) is 0 Å². The summed E-state index contributed by atoms with van der Waals surface area (Å²) in [5.74, 6) is -0.573. The maximum Gasteiger partial charge on any atom is 0.446 e. The van der Waals surface area contributed by atoms with E-state index < -0.39 is 23.2 Å². The Kier molecular flexibility index (Phi) is 5.72. The molecule has 0 aliphatic heterocycles. The third-order valence-corrected chi connectivity index (χ3v) is 3.36. The van der Waals surface area contributed by atoms with Crippen molar-refractivity contribution in [3.8, 4) is 6.07 Å². The van der Waals surface area contributed by atoms with Crippen LogP contribution in [-0.4, -0.2) is 18.1 Å². The Morgan fingerprint density at radius 3 is 2.65 bits per heavy atom. The van der Waals surface area contributed by atoms with E-state index in [1.54, 1.807) is 13.0 Å². The summed E-state index contributed by atoms with van der Waals surface area (Å²) in [4.78, 5) is 11.1. The lowest BCUT2D eigenvalue weighted by Crippen LogP contribution is -2.09. The number of carbonyl (C=O) groups excluding carboxylic acids is 1. The van der Waals surface area contributed by atoms with Crippen LogP contribution in [0.15, 0.2) is 17.0 Å². The van der Waals surface area contributed by atoms with E-state index in [1.807, 2.05) is 0 Å². The van der Waals surface area contributed by atoms with Gasteiger partial charge < -0.3 is 4.74 Å². The van der Waals surface area contributed by atoms with Crippen LogP contribution in [0, 0.1) is 11.3 Å². The minimum absolute atomic E-state index is 0.0331. The summed E-state index contributed by atoms with van der Waals surface area (Å²) in [5.41, 5.74) is -4.30. The molecule has 0 saturated carbocycles. The van der Waals surface area contributed by atoms with E-state index in [-0.39, 0.29) is 34.1 Å². The van der Waals surface area contributed by atoms with Gasteiger partial charge in [0.15, 0.2) is 0 Å². The third kappa shape index (κ3) is 4.94. The SMILES string of the molecule is CCOC(=O)Cc1cc(Cl)c(SC(F)(F)F)cc1C#N. The van der Waals surface area contributed by atoms with Crippen molar-refractivity contribution in [2.45, 2.75) is 23.7 Å². The first-order valence-corrected chi connectivity index (χ1v) is 6.60. The number of nitrogens with zero attached hydrogens (tertiary/aromatic N) is 1. The van der Waals surface area contributed by atoms with Crippen molar-refractivity contribution in [3.05, 3.63) is 28.3 Å². The summed E-state index contributed by atoms with van der Waals surface area (Å²) in [7, 11) is 0. The number of nitriles is 1. The highest BCUT2D eigenvalue weighted by Crippen LogP contribution is 2.41. The molecule has 0 spiro atoms. The number of ether oxygens (including phenoxy) is 1. The summed E-state index contributed by atoms with van der Waals surface area (Å²) >= 11 is 5.34. The molecule has 8 heteroatoms. The topological polar surface area (TPSA) is 50.1 Å². The van der Waals surface area contributed by atoms with E-state index in [1.165, 1.54) is 6.07 Å². The summed E-state index contributed by atoms with van der Waals surface area (Å²) in [6.07, 6.45) is -0.215. The quantitative estimate of drug-likeness (QED) is 0.622. The summed E-state index contributed by atoms with van der Waals surface area (Å²) < 4.78 is 41.7. The van der Waals surface area contributed by atoms with Gasteiger partial charge in [-0.3, -0.25) is 4.79 Å². The van der Waals surface area contributed by atoms with Gasteiger partial charge in [0.25, 0.3) is 0 Å². The zero-order valence-electron chi connectivity index (χ0n) is 10.3. The van der Waals surface area contributed by atoms with Crippen molar-refractivity contribution in [1.29, 1.82) is 5.26 Å². The standard InChI is InChI=1S/C12H9ClF3NO2S/c1-2-19-11(18)5-7-3-9(13)10(4-8(7)6-17)20-12(14,15)16/h3-4H,2,5H2,1H3. The maximum absolute atomic E-state index is 12.3. The molecular weight excluding hydrogens is 315 g/mol. The Morgan fingerprint density at radius 2 is 2.15 bits per heavy atom. The molecule has 1 aromatic rings. The van der Waals surface area contributed by atoms with Crippen molar-refractivity contribution in [2.75, 3.05) is 6.61 Å². The average molecular weight is 324 g/mol. The molecule has 0 aromatic heterocycles. The van der Waals surface area contributed by atoms with E-state index in [2.05, 4.69) is 0 Å². The number of rotatable bonds is 4. The highest BCUT2D eigenvalue weighted by atomic mass is 35.5. The zero-order chi connectivity index (χ0) is 15.3. The van der Waals surface area contributed by atoms with Gasteiger partial charge in [-0.15, -0.1) is 0 Å². The molecule has 108 valence electrons. The second-order valence-corrected chi connectivity index (χ2v) is 5.10. The second-order valence-electron chi connectivity index (χ2n) is 3.58. The molecule has 0 saturated heterocycles. The number of thioether (sulfide) groups is 1. The van der Waals surface area contributed by atoms with Gasteiger partial charge in [-0.1, -0.05) is 11.6 Å². The molecular formula is C12H9ClF3NO2S. The second kappa shape index (κ2) is 6.86. The first-order valence-electron chi connectivity index (χ1n) is 5.40. The molecule has 0 N–H and O–H groups in total. The Morgan fingerprint density at radius 1 is 1.50 bits per heavy atom. The summed E-state index contributed by atoms with van der Waals surface area (Å²) in [6.45, 7) is 1.80. The van der Waals surface area contributed by atoms with E-state index in [4.69, 9.17) is 21.6 Å². The number of benzene rings is 1. The van der Waals surface area contributed by atoms with Gasteiger partial charge in [0.1, 0.15) is 0 Å². The zero-order valence-corrected chi connectivity index (χ0v) is 11.8. The largest absolute Gasteiger partial charge is 0.466 e. The van der Waals surface area contributed by atoms with Gasteiger partial charge in [0, 0.05) is 4.90 Å². The third-order valence-electron chi connectivity index (χ3n) is 2.14. The predicted molar refractivity (Wildman–Crippen MR) is 68.4 cm³/mol. The van der Waals surface area contributed by atoms with Crippen molar-refractivity contribution >= 4 is 29.3 Å². The van der Waals surface area contributed by atoms with E-state index in [0.717, 1.165) is 6.07 Å². The Hall–Kier alpha value is -1.39. The minimum Gasteiger partial charge on any atom is -0.466 e. The fraction of sp³-hybridized carbons (Fsp3) is 0.333. The van der Waals surface area contributed by atoms with Gasteiger partial charge in [-0.2, -0.15) is 18.4 Å². The van der Waals surface area contributed by atoms with Crippen LogP contribution < -0.4 is 0 Å². The van der Waals surface area contributed by atoms with E-state index in [0.29, 0.717) is 0 Å². The lowest BCUT2D eigenvalue weighted by atomic mass is 10.1. The van der Waals surface area contributed by atoms with Gasteiger partial charge in [0.2, 0.25) is 0 Å². The highest BCUT2D eigenvalue weighted by molar-refractivity contribution is 8.00. The normalized spacial score (nSPS) is 11.0. The lowest BCUT2D eigenvalue weighted by molar-refractivity contribution is -0.142. The van der Waals surface area contributed by atoms with Crippen LogP contribution in [0.1, 0.15) is 18.1 Å². The maximum atomic E-state index is 12.3. The van der Waals surface area contributed by atoms with Crippen molar-refractivity contribution < 1.29 is 22.7 Å². The molecule has 0 radical (unpaired) electrons. The van der Waals surface area contributed by atoms with Crippen molar-refractivity contribution in [1.82, 2.24) is 0 Å². The van der Waals surface area contributed by atoms with Crippen molar-refractivity contribution in [3.63, 3.8) is 0 Å². The Labute approximate surface area is 122 Å². The number of halogens is 4. The molecule has 3 nitrogen and oxygen atoms in total. The van der Waals surface area contributed by atoms with Crippen LogP contribution in [0.3, 0.4) is 0 Å². The summed E-state index contributed by atoms with van der Waals surface area (Å²) in [6, 6.07) is 3.96. The van der Waals surface area contributed by atoms with Crippen LogP contribution in [0.2, 0.25) is 5.02 Å². The molecule has 1 aromatic carbocycles. The van der Waals surface area contributed by atoms with Crippen molar-refractivity contribution in [2.24, 2.45) is 0 Å². The summed E-state index contributed by atoms with van der Waals surface area (Å²) in [5, 5.41) is 8.78. The van der Waals surface area contributed by atoms with E-state index in [9.17, 15) is 18.0 Å². The Bertz CT molecular complexity index is 555. The molecule has 0 aliphatic carbocycles. The molecule has 0 amide bonds. The van der Waals surface area contributed by atoms with Gasteiger partial charge >= 0.3 is 11.5 Å². The molecule has 0 fully saturated rings. The smallest absolute Gasteiger partial charge is 0.446 e. The molecule has 0 unspecified atom stereocenters. The van der Waals surface area contributed by atoms with Crippen LogP contribution in [0.5, 0.6) is 0 Å². The number of alkyl halides is 3. The fourth-order valence-electron chi connectivity index (χ4n) is 1.42. The van der Waals surface area contributed by atoms with E-state index >= 15 is 0 Å². The number of esters is 1. The predicted octanol–water partition coefficient (Wildman–Crippen LogP) is 3.93. The van der Waals surface area contributed by atoms with Crippen LogP contribution in [0.4, 0.5) is 13.2 Å². The van der Waals surface area contributed by atoms with Crippen LogP contribution >= 0.6 is 23.4 Å². The molecule has 20 heavy (non-hydrogen) atoms. The fourth-order valence-corrected chi connectivity index (χ4v) is 2.30. The average Bonchev–Trinajstić information content (AvgIpc) is 2.31. The monoisotopic (exact) mass is 323 g/mol. The number of carbonyl (C=O) groups is 1. The van der Waals surface area contributed by atoms with Gasteiger partial charge in [-0.25, -0.2) is 0 Å². The molecule has 0 aliphatic rings. The molecule has 0 heterocycles. The number of hydrogen-bond donors (Lipinski definition) is 0. The molecule has 0 atom stereocenters. The molecule has 0 bridgehead atoms. The minimum atomic E-state index is -4.50. The lowest BCUT2D eigenvalue weighted by Gasteiger charge is -2.10. The highest BCUT2D eigenvalue weighted by Gasteiger charge is 2.31. The molecule has 1 rings (SSSR count).